The average molecular weight is 698 g/mol. The lowest BCUT2D eigenvalue weighted by Gasteiger charge is -2.57. The Kier molecular flexibility index (Phi) is 7.35. The highest BCUT2D eigenvalue weighted by molar-refractivity contribution is 5.99. The number of rotatable bonds is 5. The molecule has 1 amide bonds. The van der Waals surface area contributed by atoms with Gasteiger partial charge in [-0.15, -0.1) is 0 Å². The van der Waals surface area contributed by atoms with Crippen molar-refractivity contribution in [3.05, 3.63) is 70.8 Å². The fourth-order valence-corrected chi connectivity index (χ4v) is 12.1. The third kappa shape index (κ3) is 4.24. The summed E-state index contributed by atoms with van der Waals surface area (Å²) in [4.78, 5) is 58.2. The van der Waals surface area contributed by atoms with Gasteiger partial charge in [0.15, 0.2) is 12.3 Å². The van der Waals surface area contributed by atoms with E-state index in [2.05, 4.69) is 45.9 Å². The second-order valence-electron chi connectivity index (χ2n) is 18.3. The van der Waals surface area contributed by atoms with Gasteiger partial charge >= 0.3 is 17.9 Å². The summed E-state index contributed by atoms with van der Waals surface area (Å²) in [6.07, 6.45) is 0.408. The van der Waals surface area contributed by atoms with Crippen LogP contribution in [0.3, 0.4) is 0 Å². The van der Waals surface area contributed by atoms with Gasteiger partial charge in [-0.2, -0.15) is 0 Å². The number of hydrogen-bond donors (Lipinski definition) is 1. The molecular formula is C42H51NO8. The van der Waals surface area contributed by atoms with Crippen LogP contribution in [0.15, 0.2) is 48.5 Å². The Morgan fingerprint density at radius 3 is 2.45 bits per heavy atom. The molecule has 3 aliphatic carbocycles. The number of carbonyl (C=O) groups is 4. The van der Waals surface area contributed by atoms with Crippen LogP contribution in [0.1, 0.15) is 120 Å². The molecule has 9 atom stereocenters. The van der Waals surface area contributed by atoms with Gasteiger partial charge in [-0.1, -0.05) is 91.3 Å². The van der Waals surface area contributed by atoms with Crippen LogP contribution < -0.4 is 0 Å². The van der Waals surface area contributed by atoms with Crippen LogP contribution in [0, 0.1) is 27.6 Å². The number of carbonyl (C=O) groups excluding carboxylic acids is 4. The fraction of sp³-hybridized carbons (Fsp3) is 0.619. The van der Waals surface area contributed by atoms with E-state index in [1.54, 1.807) is 35.2 Å². The maximum absolute atomic E-state index is 15.2. The van der Waals surface area contributed by atoms with Crippen molar-refractivity contribution in [1.82, 2.24) is 4.90 Å². The van der Waals surface area contributed by atoms with E-state index in [0.29, 0.717) is 5.92 Å². The van der Waals surface area contributed by atoms with Crippen molar-refractivity contribution in [3.8, 4) is 0 Å². The molecule has 2 spiro atoms. The predicted octanol–water partition coefficient (Wildman–Crippen LogP) is 6.24. The zero-order chi connectivity index (χ0) is 36.5. The largest absolute Gasteiger partial charge is 0.461 e. The number of esters is 3. The second kappa shape index (κ2) is 10.9. The van der Waals surface area contributed by atoms with Gasteiger partial charge in [0.2, 0.25) is 0 Å². The topological polar surface area (TPSA) is 119 Å². The molecule has 3 aliphatic heterocycles. The highest BCUT2D eigenvalue weighted by Crippen LogP contribution is 2.76. The monoisotopic (exact) mass is 697 g/mol. The number of aliphatic hydroxyl groups is 1. The maximum atomic E-state index is 15.2. The minimum atomic E-state index is -1.80. The van der Waals surface area contributed by atoms with Crippen LogP contribution in [0.2, 0.25) is 0 Å². The molecule has 272 valence electrons. The van der Waals surface area contributed by atoms with Crippen LogP contribution in [0.5, 0.6) is 0 Å². The summed E-state index contributed by atoms with van der Waals surface area (Å²) in [6.45, 7) is 14.8. The van der Waals surface area contributed by atoms with Gasteiger partial charge in [-0.3, -0.25) is 14.4 Å². The van der Waals surface area contributed by atoms with Crippen molar-refractivity contribution in [3.63, 3.8) is 0 Å². The summed E-state index contributed by atoms with van der Waals surface area (Å²) in [6, 6.07) is 15.3. The third-order valence-electron chi connectivity index (χ3n) is 14.5. The first-order chi connectivity index (χ1) is 23.9. The van der Waals surface area contributed by atoms with Crippen molar-refractivity contribution < 1.29 is 38.5 Å². The summed E-state index contributed by atoms with van der Waals surface area (Å²) in [7, 11) is 0. The number of ether oxygens (including phenoxy) is 3. The molecule has 0 radical (unpaired) electrons. The van der Waals surface area contributed by atoms with E-state index in [-0.39, 0.29) is 36.3 Å². The van der Waals surface area contributed by atoms with Crippen molar-refractivity contribution in [2.75, 3.05) is 6.54 Å². The molecular weight excluding hydrogens is 646 g/mol. The number of benzene rings is 2. The lowest BCUT2D eigenvalue weighted by molar-refractivity contribution is -0.213. The normalized spacial score (nSPS) is 39.5. The number of aryl methyl sites for hydroxylation is 1. The highest BCUT2D eigenvalue weighted by Gasteiger charge is 2.93. The van der Waals surface area contributed by atoms with Gasteiger partial charge in [0.25, 0.3) is 5.91 Å². The van der Waals surface area contributed by atoms with Crippen molar-refractivity contribution in [1.29, 1.82) is 0 Å². The molecule has 5 fully saturated rings. The maximum Gasteiger partial charge on any atom is 0.338 e. The minimum Gasteiger partial charge on any atom is -0.461 e. The minimum absolute atomic E-state index is 0.0819. The Labute approximate surface area is 300 Å². The zero-order valence-corrected chi connectivity index (χ0v) is 30.9. The van der Waals surface area contributed by atoms with E-state index in [4.69, 9.17) is 14.2 Å². The molecule has 0 bridgehead atoms. The quantitative estimate of drug-likeness (QED) is 0.288. The molecule has 8 rings (SSSR count). The number of nitrogens with zero attached hydrogens (tertiary/aromatic N) is 1. The van der Waals surface area contributed by atoms with E-state index in [0.717, 1.165) is 32.1 Å². The highest BCUT2D eigenvalue weighted by atomic mass is 16.6. The zero-order valence-electron chi connectivity index (χ0n) is 30.9. The van der Waals surface area contributed by atoms with Gasteiger partial charge in [0.1, 0.15) is 16.9 Å². The third-order valence-corrected chi connectivity index (χ3v) is 14.5. The van der Waals surface area contributed by atoms with Gasteiger partial charge in [0, 0.05) is 13.0 Å². The van der Waals surface area contributed by atoms with Crippen LogP contribution in [-0.4, -0.2) is 64.4 Å². The SMILES string of the molecule is CC(C)c1ccc2c(c1)CC[C@H]1[C@](C)(CN3C(=O)[C@H](OC(=O)c4ccccc4)[C@@]45[C@@H]3OC(=O)[C@@]43CC(=O)O[C@H]3C[C@@]5(O)C(C)(C)C)CCC[C@]21C. The van der Waals surface area contributed by atoms with Crippen LogP contribution in [-0.2, 0) is 40.4 Å². The van der Waals surface area contributed by atoms with E-state index in [9.17, 15) is 19.5 Å². The molecule has 3 saturated heterocycles. The van der Waals surface area contributed by atoms with E-state index in [1.807, 2.05) is 20.8 Å². The Morgan fingerprint density at radius 1 is 1.04 bits per heavy atom. The second-order valence-corrected chi connectivity index (χ2v) is 18.3. The van der Waals surface area contributed by atoms with Gasteiger partial charge < -0.3 is 24.2 Å². The average Bonchev–Trinajstić information content (AvgIpc) is 3.68. The summed E-state index contributed by atoms with van der Waals surface area (Å²) < 4.78 is 18.4. The van der Waals surface area contributed by atoms with Crippen LogP contribution >= 0.6 is 0 Å². The number of hydrogen-bond acceptors (Lipinski definition) is 8. The molecule has 0 unspecified atom stereocenters. The molecule has 1 N–H and O–H groups in total. The van der Waals surface area contributed by atoms with Gasteiger partial charge in [0.05, 0.1) is 17.6 Å². The molecule has 0 aromatic heterocycles. The standard InChI is InChI=1S/C42H51NO8/c1-24(2)26-14-16-28-27(20-26)15-17-29-38(6,18-11-19-39(28,29)7)23-43-33(45)32(50-34(46)25-12-9-8-10-13-25)42-35(43)51-36(47)40(42)22-31(44)49-30(40)21-41(42,48)37(3,4)5/h8-10,12-14,16,20,24,29-30,32,35,48H,11,15,17-19,21-23H2,1-7H3/t29-,30-,32-,35-,38-,39+,40-,41+,42+/m0/s1. The molecule has 51 heavy (non-hydrogen) atoms. The first kappa shape index (κ1) is 34.4. The Morgan fingerprint density at radius 2 is 1.76 bits per heavy atom. The summed E-state index contributed by atoms with van der Waals surface area (Å²) >= 11 is 0. The number of fused-ring (bicyclic) bond motifs is 3. The predicted molar refractivity (Wildman–Crippen MR) is 187 cm³/mol. The first-order valence-corrected chi connectivity index (χ1v) is 18.8. The summed E-state index contributed by atoms with van der Waals surface area (Å²) in [5, 5.41) is 13.1. The molecule has 2 aromatic rings. The van der Waals surface area contributed by atoms with Crippen molar-refractivity contribution in [2.45, 2.75) is 129 Å². The molecule has 9 nitrogen and oxygen atoms in total. The summed E-state index contributed by atoms with van der Waals surface area (Å²) in [5.74, 6) is -1.88. The Bertz CT molecular complexity index is 1830. The number of likely N-dealkylation sites (tertiary alicyclic amines) is 1. The summed E-state index contributed by atoms with van der Waals surface area (Å²) in [5.41, 5.74) is -2.40. The lowest BCUT2D eigenvalue weighted by Crippen LogP contribution is -2.66. The van der Waals surface area contributed by atoms with Gasteiger partial charge in [-0.25, -0.2) is 4.79 Å². The molecule has 2 saturated carbocycles. The van der Waals surface area contributed by atoms with E-state index in [1.165, 1.54) is 16.7 Å². The molecule has 3 heterocycles. The van der Waals surface area contributed by atoms with Crippen LogP contribution in [0.25, 0.3) is 0 Å². The van der Waals surface area contributed by atoms with E-state index < -0.39 is 69.5 Å². The fourth-order valence-electron chi connectivity index (χ4n) is 12.1. The Hall–Kier alpha value is -3.72. The molecule has 2 aromatic carbocycles. The van der Waals surface area contributed by atoms with E-state index >= 15 is 4.79 Å². The first-order valence-electron chi connectivity index (χ1n) is 18.8. The number of amides is 1. The van der Waals surface area contributed by atoms with Crippen LogP contribution in [0.4, 0.5) is 0 Å². The van der Waals surface area contributed by atoms with Gasteiger partial charge in [-0.05, 0) is 82.6 Å². The van der Waals surface area contributed by atoms with Crippen molar-refractivity contribution >= 4 is 23.8 Å². The molecule has 9 heteroatoms. The lowest BCUT2D eigenvalue weighted by atomic mass is 9.49. The molecule has 6 aliphatic rings. The Balaban J connectivity index is 1.25. The van der Waals surface area contributed by atoms with Crippen molar-refractivity contribution in [2.24, 2.45) is 27.6 Å². The smallest absolute Gasteiger partial charge is 0.338 e.